The average Bonchev–Trinajstić information content (AvgIpc) is 2.53. The summed E-state index contributed by atoms with van der Waals surface area (Å²) < 4.78 is 13.0. The molecule has 0 bridgehead atoms. The summed E-state index contributed by atoms with van der Waals surface area (Å²) in [6, 6.07) is 6.38. The largest absolute Gasteiger partial charge is 0.370 e. The first-order valence-corrected chi connectivity index (χ1v) is 7.56. The molecule has 0 radical (unpaired) electrons. The molecule has 126 valence electrons. The second-order valence-electron chi connectivity index (χ2n) is 5.79. The van der Waals surface area contributed by atoms with Crippen LogP contribution in [0.1, 0.15) is 13.8 Å². The Bertz CT molecular complexity index is 557. The van der Waals surface area contributed by atoms with E-state index in [9.17, 15) is 4.39 Å². The molecular weight excluding hydrogens is 406 g/mol. The van der Waals surface area contributed by atoms with E-state index in [0.717, 1.165) is 31.9 Å². The number of nitrogens with zero attached hydrogens (tertiary/aromatic N) is 3. The number of hydrogen-bond acceptors (Lipinski definition) is 2. The van der Waals surface area contributed by atoms with Crippen molar-refractivity contribution >= 4 is 35.6 Å². The number of aliphatic imine (C=N–C) groups is 1. The Hall–Kier alpha value is -1.49. The van der Waals surface area contributed by atoms with Crippen LogP contribution in [0.25, 0.3) is 0 Å². The van der Waals surface area contributed by atoms with Gasteiger partial charge in [0.2, 0.25) is 0 Å². The summed E-state index contributed by atoms with van der Waals surface area (Å²) in [5, 5.41) is 0. The molecule has 1 aromatic carbocycles. The number of benzene rings is 1. The maximum absolute atomic E-state index is 13.0. The lowest BCUT2D eigenvalue weighted by atomic mass is 10.1. The Morgan fingerprint density at radius 3 is 2.26 bits per heavy atom. The highest BCUT2D eigenvalue weighted by Gasteiger charge is 2.19. The number of nitrogens with two attached hydrogens (primary N) is 1. The molecule has 0 saturated carbocycles. The van der Waals surface area contributed by atoms with Crippen LogP contribution in [-0.4, -0.2) is 43.1 Å². The molecule has 2 N–H and O–H groups in total. The summed E-state index contributed by atoms with van der Waals surface area (Å²) in [4.78, 5) is 8.70. The Morgan fingerprint density at radius 1 is 1.22 bits per heavy atom. The minimum absolute atomic E-state index is 0. The highest BCUT2D eigenvalue weighted by molar-refractivity contribution is 14.0. The molecular formula is C17H24FIN4. The van der Waals surface area contributed by atoms with Gasteiger partial charge in [0, 0.05) is 31.9 Å². The van der Waals surface area contributed by atoms with E-state index >= 15 is 0 Å². The van der Waals surface area contributed by atoms with Crippen molar-refractivity contribution in [2.45, 2.75) is 19.9 Å². The zero-order valence-electron chi connectivity index (χ0n) is 13.6. The number of anilines is 1. The van der Waals surface area contributed by atoms with Crippen LogP contribution in [-0.2, 0) is 0 Å². The second kappa shape index (κ2) is 8.96. The molecule has 1 aliphatic rings. The monoisotopic (exact) mass is 430 g/mol. The summed E-state index contributed by atoms with van der Waals surface area (Å²) in [6.07, 6.45) is 5.49. The van der Waals surface area contributed by atoms with Crippen LogP contribution < -0.4 is 10.6 Å². The van der Waals surface area contributed by atoms with Gasteiger partial charge in [-0.15, -0.1) is 30.4 Å². The summed E-state index contributed by atoms with van der Waals surface area (Å²) in [6.45, 7) is 7.28. The molecule has 1 aliphatic heterocycles. The minimum atomic E-state index is -0.215. The number of halogens is 2. The molecule has 0 aromatic heterocycles. The van der Waals surface area contributed by atoms with Crippen molar-refractivity contribution in [2.24, 2.45) is 16.6 Å². The van der Waals surface area contributed by atoms with E-state index < -0.39 is 0 Å². The topological polar surface area (TPSA) is 44.9 Å². The van der Waals surface area contributed by atoms with Crippen LogP contribution in [0.5, 0.6) is 0 Å². The van der Waals surface area contributed by atoms with Crippen molar-refractivity contribution in [3.05, 3.63) is 30.1 Å². The molecule has 1 aromatic rings. The molecule has 1 unspecified atom stereocenters. The van der Waals surface area contributed by atoms with E-state index in [1.54, 1.807) is 12.1 Å². The number of piperazine rings is 1. The van der Waals surface area contributed by atoms with Crippen molar-refractivity contribution in [2.75, 3.05) is 31.1 Å². The van der Waals surface area contributed by atoms with Crippen LogP contribution in [0.15, 0.2) is 29.3 Å². The smallest absolute Gasteiger partial charge is 0.192 e. The third kappa shape index (κ3) is 5.27. The average molecular weight is 430 g/mol. The molecule has 4 nitrogen and oxygen atoms in total. The molecule has 6 heteroatoms. The van der Waals surface area contributed by atoms with E-state index in [0.29, 0.717) is 5.96 Å². The van der Waals surface area contributed by atoms with Crippen LogP contribution in [0, 0.1) is 24.1 Å². The SMILES string of the molecule is C#CC(N=C(N)N1CCN(c2ccc(F)cc2)CC1)C(C)C.I. The van der Waals surface area contributed by atoms with Gasteiger partial charge in [0.1, 0.15) is 11.9 Å². The summed E-state index contributed by atoms with van der Waals surface area (Å²) in [5.74, 6) is 3.23. The molecule has 23 heavy (non-hydrogen) atoms. The van der Waals surface area contributed by atoms with E-state index in [1.165, 1.54) is 12.1 Å². The number of terminal acetylenes is 1. The maximum atomic E-state index is 13.0. The highest BCUT2D eigenvalue weighted by atomic mass is 127. The fourth-order valence-electron chi connectivity index (χ4n) is 2.45. The highest BCUT2D eigenvalue weighted by Crippen LogP contribution is 2.17. The Morgan fingerprint density at radius 2 is 1.78 bits per heavy atom. The number of hydrogen-bond donors (Lipinski definition) is 1. The van der Waals surface area contributed by atoms with Crippen LogP contribution >= 0.6 is 24.0 Å². The zero-order valence-corrected chi connectivity index (χ0v) is 15.9. The Labute approximate surface area is 155 Å². The summed E-state index contributed by atoms with van der Waals surface area (Å²) in [7, 11) is 0. The van der Waals surface area contributed by atoms with Crippen LogP contribution in [0.4, 0.5) is 10.1 Å². The fraction of sp³-hybridized carbons (Fsp3) is 0.471. The maximum Gasteiger partial charge on any atom is 0.192 e. The van der Waals surface area contributed by atoms with Gasteiger partial charge in [-0.25, -0.2) is 9.38 Å². The van der Waals surface area contributed by atoms with Crippen LogP contribution in [0.3, 0.4) is 0 Å². The molecule has 2 rings (SSSR count). The van der Waals surface area contributed by atoms with Gasteiger partial charge < -0.3 is 15.5 Å². The van der Waals surface area contributed by atoms with E-state index in [-0.39, 0.29) is 41.8 Å². The van der Waals surface area contributed by atoms with E-state index in [4.69, 9.17) is 12.2 Å². The van der Waals surface area contributed by atoms with Crippen molar-refractivity contribution in [3.63, 3.8) is 0 Å². The molecule has 0 amide bonds. The predicted molar refractivity (Wildman–Crippen MR) is 105 cm³/mol. The minimum Gasteiger partial charge on any atom is -0.370 e. The van der Waals surface area contributed by atoms with Gasteiger partial charge in [-0.1, -0.05) is 19.8 Å². The van der Waals surface area contributed by atoms with E-state index in [1.807, 2.05) is 18.7 Å². The summed E-state index contributed by atoms with van der Waals surface area (Å²) >= 11 is 0. The van der Waals surface area contributed by atoms with Crippen molar-refractivity contribution < 1.29 is 4.39 Å². The molecule has 0 aliphatic carbocycles. The zero-order chi connectivity index (χ0) is 16.1. The fourth-order valence-corrected chi connectivity index (χ4v) is 2.45. The normalized spacial score (nSPS) is 16.7. The van der Waals surface area contributed by atoms with Gasteiger partial charge in [0.15, 0.2) is 5.96 Å². The molecule has 0 spiro atoms. The van der Waals surface area contributed by atoms with Crippen molar-refractivity contribution in [1.29, 1.82) is 0 Å². The van der Waals surface area contributed by atoms with Crippen LogP contribution in [0.2, 0.25) is 0 Å². The van der Waals surface area contributed by atoms with Gasteiger partial charge in [0.05, 0.1) is 0 Å². The van der Waals surface area contributed by atoms with Crippen molar-refractivity contribution in [1.82, 2.24) is 4.90 Å². The Balaban J connectivity index is 0.00000264. The summed E-state index contributed by atoms with van der Waals surface area (Å²) in [5.41, 5.74) is 7.11. The van der Waals surface area contributed by atoms with Gasteiger partial charge in [0.25, 0.3) is 0 Å². The lowest BCUT2D eigenvalue weighted by molar-refractivity contribution is 0.378. The van der Waals surface area contributed by atoms with Gasteiger partial charge in [-0.2, -0.15) is 0 Å². The predicted octanol–water partition coefficient (Wildman–Crippen LogP) is 2.54. The third-order valence-electron chi connectivity index (χ3n) is 3.87. The lowest BCUT2D eigenvalue weighted by Gasteiger charge is -2.36. The second-order valence-corrected chi connectivity index (χ2v) is 5.79. The standard InChI is InChI=1S/C17H23FN4.HI/c1-4-16(13(2)3)20-17(19)22-11-9-21(10-12-22)15-7-5-14(18)6-8-15;/h1,5-8,13,16H,9-12H2,2-3H3,(H2,19,20);1H. The third-order valence-corrected chi connectivity index (χ3v) is 3.87. The first-order valence-electron chi connectivity index (χ1n) is 7.56. The van der Waals surface area contributed by atoms with Gasteiger partial charge in [-0.3, -0.25) is 0 Å². The molecule has 1 saturated heterocycles. The first kappa shape index (κ1) is 19.6. The number of guanidine groups is 1. The lowest BCUT2D eigenvalue weighted by Crippen LogP contribution is -2.51. The van der Waals surface area contributed by atoms with Crippen molar-refractivity contribution in [3.8, 4) is 12.3 Å². The van der Waals surface area contributed by atoms with E-state index in [2.05, 4.69) is 15.8 Å². The molecule has 1 fully saturated rings. The first-order chi connectivity index (χ1) is 10.5. The molecule has 1 heterocycles. The van der Waals surface area contributed by atoms with Gasteiger partial charge in [-0.05, 0) is 30.2 Å². The molecule has 1 atom stereocenters. The quantitative estimate of drug-likeness (QED) is 0.347. The Kier molecular flexibility index (Phi) is 7.62. The van der Waals surface area contributed by atoms with Gasteiger partial charge >= 0.3 is 0 Å². The number of rotatable bonds is 3.